The number of benzene rings is 1. The summed E-state index contributed by atoms with van der Waals surface area (Å²) in [5.41, 5.74) is 1.06. The molecule has 0 aliphatic rings. The van der Waals surface area contributed by atoms with Crippen molar-refractivity contribution in [1.29, 1.82) is 0 Å². The SMILES string of the molecule is O=[C]CCCc1ccc(F)cc1. The van der Waals surface area contributed by atoms with Crippen molar-refractivity contribution in [1.82, 2.24) is 0 Å². The van der Waals surface area contributed by atoms with E-state index in [4.69, 9.17) is 0 Å². The van der Waals surface area contributed by atoms with E-state index in [1.165, 1.54) is 12.1 Å². The number of hydrogen-bond acceptors (Lipinski definition) is 1. The Morgan fingerprint density at radius 2 is 1.92 bits per heavy atom. The summed E-state index contributed by atoms with van der Waals surface area (Å²) in [4.78, 5) is 9.86. The Morgan fingerprint density at radius 3 is 2.50 bits per heavy atom. The van der Waals surface area contributed by atoms with Crippen LogP contribution in [0.15, 0.2) is 24.3 Å². The van der Waals surface area contributed by atoms with E-state index in [9.17, 15) is 9.18 Å². The fourth-order valence-corrected chi connectivity index (χ4v) is 1.02. The van der Waals surface area contributed by atoms with Crippen LogP contribution in [0.1, 0.15) is 18.4 Å². The molecule has 12 heavy (non-hydrogen) atoms. The van der Waals surface area contributed by atoms with Gasteiger partial charge in [0.1, 0.15) is 5.82 Å². The van der Waals surface area contributed by atoms with E-state index in [0.717, 1.165) is 18.4 Å². The fraction of sp³-hybridized carbons (Fsp3) is 0.300. The first-order chi connectivity index (χ1) is 5.83. The topological polar surface area (TPSA) is 17.1 Å². The first-order valence-electron chi connectivity index (χ1n) is 3.92. The summed E-state index contributed by atoms with van der Waals surface area (Å²) in [6.45, 7) is 0. The molecule has 1 nitrogen and oxygen atoms in total. The quantitative estimate of drug-likeness (QED) is 0.625. The van der Waals surface area contributed by atoms with Crippen molar-refractivity contribution in [2.75, 3.05) is 0 Å². The van der Waals surface area contributed by atoms with Gasteiger partial charge in [0.15, 0.2) is 6.29 Å². The molecule has 1 aromatic carbocycles. The van der Waals surface area contributed by atoms with Gasteiger partial charge in [-0.05, 0) is 30.5 Å². The van der Waals surface area contributed by atoms with Crippen LogP contribution in [0.25, 0.3) is 0 Å². The van der Waals surface area contributed by atoms with Gasteiger partial charge in [-0.2, -0.15) is 0 Å². The van der Waals surface area contributed by atoms with Crippen LogP contribution in [0.2, 0.25) is 0 Å². The molecule has 0 spiro atoms. The molecule has 0 saturated carbocycles. The van der Waals surface area contributed by atoms with Crippen molar-refractivity contribution in [3.63, 3.8) is 0 Å². The van der Waals surface area contributed by atoms with Crippen molar-refractivity contribution in [2.45, 2.75) is 19.3 Å². The van der Waals surface area contributed by atoms with Gasteiger partial charge in [-0.1, -0.05) is 12.1 Å². The van der Waals surface area contributed by atoms with Gasteiger partial charge >= 0.3 is 0 Å². The van der Waals surface area contributed by atoms with Crippen LogP contribution in [0.3, 0.4) is 0 Å². The zero-order chi connectivity index (χ0) is 8.81. The minimum absolute atomic E-state index is 0.222. The molecule has 0 heterocycles. The fourth-order valence-electron chi connectivity index (χ4n) is 1.02. The zero-order valence-electron chi connectivity index (χ0n) is 6.72. The van der Waals surface area contributed by atoms with E-state index in [1.54, 1.807) is 12.1 Å². The van der Waals surface area contributed by atoms with E-state index in [-0.39, 0.29) is 5.82 Å². The Morgan fingerprint density at radius 1 is 1.25 bits per heavy atom. The van der Waals surface area contributed by atoms with Crippen molar-refractivity contribution in [3.05, 3.63) is 35.6 Å². The second-order valence-electron chi connectivity index (χ2n) is 2.62. The lowest BCUT2D eigenvalue weighted by Crippen LogP contribution is -1.86. The van der Waals surface area contributed by atoms with Gasteiger partial charge in [-0.15, -0.1) is 0 Å². The molecule has 0 bridgehead atoms. The lowest BCUT2D eigenvalue weighted by Gasteiger charge is -1.97. The number of carbonyl (C=O) groups excluding carboxylic acids is 1. The van der Waals surface area contributed by atoms with E-state index >= 15 is 0 Å². The third kappa shape index (κ3) is 2.82. The average Bonchev–Trinajstić information content (AvgIpc) is 2.09. The Balaban J connectivity index is 2.42. The molecule has 0 aromatic heterocycles. The summed E-state index contributed by atoms with van der Waals surface area (Å²) >= 11 is 0. The molecular weight excluding hydrogens is 155 g/mol. The molecule has 1 radical (unpaired) electrons. The van der Waals surface area contributed by atoms with Crippen LogP contribution in [-0.4, -0.2) is 6.29 Å². The molecular formula is C10H10FO. The first-order valence-corrected chi connectivity index (χ1v) is 3.92. The zero-order valence-corrected chi connectivity index (χ0v) is 6.72. The highest BCUT2D eigenvalue weighted by molar-refractivity contribution is 5.50. The highest BCUT2D eigenvalue weighted by atomic mass is 19.1. The molecule has 0 saturated heterocycles. The molecule has 0 amide bonds. The Hall–Kier alpha value is -1.18. The second-order valence-corrected chi connectivity index (χ2v) is 2.62. The minimum atomic E-state index is -0.222. The lowest BCUT2D eigenvalue weighted by molar-refractivity contribution is 0.548. The maximum Gasteiger partial charge on any atom is 0.198 e. The maximum atomic E-state index is 12.4. The highest BCUT2D eigenvalue weighted by Crippen LogP contribution is 2.05. The smallest absolute Gasteiger partial charge is 0.198 e. The molecule has 0 fully saturated rings. The normalized spacial score (nSPS) is 9.75. The summed E-state index contributed by atoms with van der Waals surface area (Å²) in [5, 5.41) is 0. The summed E-state index contributed by atoms with van der Waals surface area (Å²) in [6.07, 6.45) is 3.88. The van der Waals surface area contributed by atoms with E-state index in [1.807, 2.05) is 6.29 Å². The Labute approximate surface area is 71.2 Å². The van der Waals surface area contributed by atoms with E-state index in [2.05, 4.69) is 0 Å². The summed E-state index contributed by atoms with van der Waals surface area (Å²) in [5.74, 6) is -0.222. The van der Waals surface area contributed by atoms with Crippen LogP contribution >= 0.6 is 0 Å². The number of halogens is 1. The highest BCUT2D eigenvalue weighted by Gasteiger charge is 1.93. The van der Waals surface area contributed by atoms with E-state index in [0.29, 0.717) is 6.42 Å². The van der Waals surface area contributed by atoms with E-state index < -0.39 is 0 Å². The minimum Gasteiger partial charge on any atom is -0.291 e. The number of unbranched alkanes of at least 4 members (excludes halogenated alkanes) is 1. The van der Waals surface area contributed by atoms with Gasteiger partial charge < -0.3 is 0 Å². The van der Waals surface area contributed by atoms with Crippen molar-refractivity contribution in [2.24, 2.45) is 0 Å². The number of rotatable bonds is 4. The predicted molar refractivity (Wildman–Crippen MR) is 45.0 cm³/mol. The van der Waals surface area contributed by atoms with Crippen molar-refractivity contribution in [3.8, 4) is 0 Å². The molecule has 0 aliphatic carbocycles. The van der Waals surface area contributed by atoms with Gasteiger partial charge in [0.25, 0.3) is 0 Å². The standard InChI is InChI=1S/C10H10FO/c11-10-6-4-9(5-7-10)3-1-2-8-12/h4-7H,1-3H2. The largest absolute Gasteiger partial charge is 0.291 e. The monoisotopic (exact) mass is 165 g/mol. The molecule has 0 aliphatic heterocycles. The second kappa shape index (κ2) is 4.65. The maximum absolute atomic E-state index is 12.4. The molecule has 0 atom stereocenters. The predicted octanol–water partition coefficient (Wildman–Crippen LogP) is 2.26. The van der Waals surface area contributed by atoms with Crippen molar-refractivity contribution >= 4 is 6.29 Å². The van der Waals surface area contributed by atoms with Gasteiger partial charge in [0, 0.05) is 6.42 Å². The molecule has 1 aromatic rings. The third-order valence-corrected chi connectivity index (χ3v) is 1.66. The van der Waals surface area contributed by atoms with Gasteiger partial charge in [-0.25, -0.2) is 4.39 Å². The van der Waals surface area contributed by atoms with Crippen LogP contribution in [0.5, 0.6) is 0 Å². The average molecular weight is 165 g/mol. The van der Waals surface area contributed by atoms with Crippen molar-refractivity contribution < 1.29 is 9.18 Å². The summed E-state index contributed by atoms with van der Waals surface area (Å²) in [7, 11) is 0. The van der Waals surface area contributed by atoms with Crippen LogP contribution in [-0.2, 0) is 11.2 Å². The number of aryl methyl sites for hydroxylation is 1. The van der Waals surface area contributed by atoms with Gasteiger partial charge in [0.2, 0.25) is 0 Å². The van der Waals surface area contributed by atoms with Gasteiger partial charge in [-0.3, -0.25) is 4.79 Å². The van der Waals surface area contributed by atoms with Crippen LogP contribution < -0.4 is 0 Å². The van der Waals surface area contributed by atoms with Crippen LogP contribution in [0.4, 0.5) is 4.39 Å². The van der Waals surface area contributed by atoms with Crippen LogP contribution in [0, 0.1) is 5.82 Å². The molecule has 63 valence electrons. The lowest BCUT2D eigenvalue weighted by atomic mass is 10.1. The summed E-state index contributed by atoms with van der Waals surface area (Å²) in [6, 6.07) is 6.33. The Bertz CT molecular complexity index is 241. The molecule has 0 unspecified atom stereocenters. The molecule has 1 rings (SSSR count). The third-order valence-electron chi connectivity index (χ3n) is 1.66. The molecule has 0 N–H and O–H groups in total. The number of hydrogen-bond donors (Lipinski definition) is 0. The Kier molecular flexibility index (Phi) is 3.45. The summed E-state index contributed by atoms with van der Waals surface area (Å²) < 4.78 is 12.4. The first kappa shape index (κ1) is 8.91. The van der Waals surface area contributed by atoms with Gasteiger partial charge in [0.05, 0.1) is 0 Å². The molecule has 2 heteroatoms.